The number of hydrogen-bond donors (Lipinski definition) is 3. The van der Waals surface area contributed by atoms with E-state index < -0.39 is 6.36 Å². The predicted molar refractivity (Wildman–Crippen MR) is 120 cm³/mol. The van der Waals surface area contributed by atoms with E-state index >= 15 is 0 Å². The van der Waals surface area contributed by atoms with E-state index in [-0.39, 0.29) is 47.9 Å². The van der Waals surface area contributed by atoms with Crippen LogP contribution in [0, 0.1) is 5.92 Å². The molecule has 1 aromatic carbocycles. The van der Waals surface area contributed by atoms with Gasteiger partial charge >= 0.3 is 6.36 Å². The topological polar surface area (TPSA) is 75.1 Å². The highest BCUT2D eigenvalue weighted by molar-refractivity contribution is 14.0. The van der Waals surface area contributed by atoms with Crippen molar-refractivity contribution in [3.8, 4) is 5.75 Å². The van der Waals surface area contributed by atoms with Crippen molar-refractivity contribution in [2.24, 2.45) is 10.9 Å². The van der Waals surface area contributed by atoms with Crippen molar-refractivity contribution in [1.29, 1.82) is 0 Å². The lowest BCUT2D eigenvalue weighted by Crippen LogP contribution is -2.42. The summed E-state index contributed by atoms with van der Waals surface area (Å²) in [6, 6.07) is 5.69. The maximum absolute atomic E-state index is 12.2. The molecule has 1 aromatic rings. The molecule has 1 aliphatic rings. The van der Waals surface area contributed by atoms with Gasteiger partial charge in [-0.25, -0.2) is 0 Å². The van der Waals surface area contributed by atoms with Gasteiger partial charge in [0.15, 0.2) is 5.96 Å². The number of aliphatic hydroxyl groups excluding tert-OH is 1. The summed E-state index contributed by atoms with van der Waals surface area (Å²) in [7, 11) is 0. The maximum atomic E-state index is 12.2. The summed E-state index contributed by atoms with van der Waals surface area (Å²) < 4.78 is 46.4. The van der Waals surface area contributed by atoms with Gasteiger partial charge in [0.25, 0.3) is 0 Å². The highest BCUT2D eigenvalue weighted by Gasteiger charge is 2.31. The third-order valence-electron chi connectivity index (χ3n) is 4.71. The zero-order valence-corrected chi connectivity index (χ0v) is 19.6. The molecule has 30 heavy (non-hydrogen) atoms. The number of nitrogens with zero attached hydrogens (tertiary/aromatic N) is 1. The second-order valence-corrected chi connectivity index (χ2v) is 7.42. The maximum Gasteiger partial charge on any atom is 0.573 e. The Balaban J connectivity index is 0.00000450. The summed E-state index contributed by atoms with van der Waals surface area (Å²) in [5.74, 6) is 0.271. The lowest BCUT2D eigenvalue weighted by Gasteiger charge is -2.22. The van der Waals surface area contributed by atoms with Crippen LogP contribution in [0.3, 0.4) is 0 Å². The average molecular weight is 545 g/mol. The summed E-state index contributed by atoms with van der Waals surface area (Å²) in [4.78, 5) is 4.59. The lowest BCUT2D eigenvalue weighted by atomic mass is 10.00. The second-order valence-electron chi connectivity index (χ2n) is 7.42. The van der Waals surface area contributed by atoms with Crippen LogP contribution in [0.25, 0.3) is 0 Å². The molecule has 1 aliphatic heterocycles. The van der Waals surface area contributed by atoms with Gasteiger partial charge in [0, 0.05) is 32.2 Å². The van der Waals surface area contributed by atoms with Crippen molar-refractivity contribution in [3.63, 3.8) is 0 Å². The fraction of sp³-hybridized carbons (Fsp3) is 0.650. The Labute approximate surface area is 192 Å². The molecule has 0 saturated carbocycles. The van der Waals surface area contributed by atoms with Gasteiger partial charge in [-0.2, -0.15) is 0 Å². The predicted octanol–water partition coefficient (Wildman–Crippen LogP) is 3.48. The molecule has 0 bridgehead atoms. The van der Waals surface area contributed by atoms with E-state index in [0.29, 0.717) is 32.0 Å². The molecular formula is C20H31F3IN3O3. The van der Waals surface area contributed by atoms with Crippen LogP contribution in [0.5, 0.6) is 5.75 Å². The largest absolute Gasteiger partial charge is 0.573 e. The number of ether oxygens (including phenoxy) is 2. The zero-order valence-electron chi connectivity index (χ0n) is 17.3. The number of guanidine groups is 1. The van der Waals surface area contributed by atoms with Crippen LogP contribution in [0.15, 0.2) is 29.3 Å². The Bertz CT molecular complexity index is 651. The van der Waals surface area contributed by atoms with Crippen molar-refractivity contribution in [1.82, 2.24) is 10.6 Å². The number of halogens is 4. The van der Waals surface area contributed by atoms with Crippen LogP contribution in [0.4, 0.5) is 13.2 Å². The highest BCUT2D eigenvalue weighted by Crippen LogP contribution is 2.25. The fourth-order valence-corrected chi connectivity index (χ4v) is 3.15. The standard InChI is InChI=1S/C20H30F3N3O3.HI/c1-3-24-18(26-14-19(2)9-4-10-28-19)25-12-16(13-27)11-15-5-7-17(8-6-15)29-20(21,22)23;/h5-8,16,27H,3-4,9-14H2,1-2H3,(H2,24,25,26);1H. The highest BCUT2D eigenvalue weighted by atomic mass is 127. The van der Waals surface area contributed by atoms with E-state index in [0.717, 1.165) is 25.0 Å². The van der Waals surface area contributed by atoms with Gasteiger partial charge in [-0.3, -0.25) is 4.99 Å². The molecule has 2 rings (SSSR count). The quantitative estimate of drug-likeness (QED) is 0.252. The van der Waals surface area contributed by atoms with E-state index in [1.165, 1.54) is 12.1 Å². The first kappa shape index (κ1) is 26.8. The molecule has 0 amide bonds. The number of aliphatic hydroxyl groups is 1. The van der Waals surface area contributed by atoms with Crippen molar-refractivity contribution in [2.45, 2.75) is 45.1 Å². The number of alkyl halides is 3. The van der Waals surface area contributed by atoms with Crippen LogP contribution in [0.1, 0.15) is 32.3 Å². The van der Waals surface area contributed by atoms with Gasteiger partial charge in [0.1, 0.15) is 5.75 Å². The van der Waals surface area contributed by atoms with Crippen LogP contribution < -0.4 is 15.4 Å². The summed E-state index contributed by atoms with van der Waals surface area (Å²) >= 11 is 0. The normalized spacial score (nSPS) is 20.4. The molecule has 2 unspecified atom stereocenters. The molecule has 6 nitrogen and oxygen atoms in total. The third-order valence-corrected chi connectivity index (χ3v) is 4.71. The van der Waals surface area contributed by atoms with Gasteiger partial charge in [-0.1, -0.05) is 12.1 Å². The van der Waals surface area contributed by atoms with Crippen molar-refractivity contribution >= 4 is 29.9 Å². The molecule has 172 valence electrons. The second kappa shape index (κ2) is 12.6. The third kappa shape index (κ3) is 9.69. The fourth-order valence-electron chi connectivity index (χ4n) is 3.15. The molecule has 0 radical (unpaired) electrons. The van der Waals surface area contributed by atoms with Crippen LogP contribution >= 0.6 is 24.0 Å². The van der Waals surface area contributed by atoms with Gasteiger partial charge in [0.05, 0.1) is 12.1 Å². The van der Waals surface area contributed by atoms with E-state index in [2.05, 4.69) is 27.3 Å². The Morgan fingerprint density at radius 3 is 2.53 bits per heavy atom. The number of rotatable bonds is 9. The van der Waals surface area contributed by atoms with E-state index in [9.17, 15) is 18.3 Å². The van der Waals surface area contributed by atoms with E-state index in [4.69, 9.17) is 4.74 Å². The number of aliphatic imine (C=N–C) groups is 1. The summed E-state index contributed by atoms with van der Waals surface area (Å²) in [5, 5.41) is 16.1. The van der Waals surface area contributed by atoms with Crippen molar-refractivity contribution < 1.29 is 27.8 Å². The molecule has 0 aliphatic carbocycles. The first-order chi connectivity index (χ1) is 13.7. The molecular weight excluding hydrogens is 514 g/mol. The molecule has 1 saturated heterocycles. The van der Waals surface area contributed by atoms with Gasteiger partial charge in [-0.05, 0) is 50.8 Å². The molecule has 0 spiro atoms. The Morgan fingerprint density at radius 1 is 1.30 bits per heavy atom. The number of benzene rings is 1. The van der Waals surface area contributed by atoms with Crippen LogP contribution in [0.2, 0.25) is 0 Å². The zero-order chi connectivity index (χ0) is 21.3. The monoisotopic (exact) mass is 545 g/mol. The molecule has 2 atom stereocenters. The molecule has 10 heteroatoms. The van der Waals surface area contributed by atoms with Gasteiger partial charge in [-0.15, -0.1) is 37.1 Å². The Morgan fingerprint density at radius 2 is 2.00 bits per heavy atom. The average Bonchev–Trinajstić information content (AvgIpc) is 3.10. The minimum absolute atomic E-state index is 0. The summed E-state index contributed by atoms with van der Waals surface area (Å²) in [6.07, 6.45) is -2.18. The van der Waals surface area contributed by atoms with Crippen molar-refractivity contribution in [3.05, 3.63) is 29.8 Å². The number of hydrogen-bond acceptors (Lipinski definition) is 4. The van der Waals surface area contributed by atoms with Crippen LogP contribution in [-0.2, 0) is 11.2 Å². The van der Waals surface area contributed by atoms with Crippen LogP contribution in [-0.4, -0.2) is 55.9 Å². The minimum atomic E-state index is -4.71. The first-order valence-electron chi connectivity index (χ1n) is 9.85. The Hall–Kier alpha value is -1.27. The van der Waals surface area contributed by atoms with Gasteiger partial charge in [0.2, 0.25) is 0 Å². The van der Waals surface area contributed by atoms with Crippen molar-refractivity contribution in [2.75, 3.05) is 32.8 Å². The molecule has 3 N–H and O–H groups in total. The summed E-state index contributed by atoms with van der Waals surface area (Å²) in [6.45, 7) is 6.44. The SMILES string of the molecule is CCNC(=NCC1(C)CCCO1)NCC(CO)Cc1ccc(OC(F)(F)F)cc1.I. The minimum Gasteiger partial charge on any atom is -0.406 e. The molecule has 1 heterocycles. The van der Waals surface area contributed by atoms with E-state index in [1.54, 1.807) is 12.1 Å². The first-order valence-corrected chi connectivity index (χ1v) is 9.85. The van der Waals surface area contributed by atoms with Gasteiger partial charge < -0.3 is 25.2 Å². The Kier molecular flexibility index (Phi) is 11.2. The lowest BCUT2D eigenvalue weighted by molar-refractivity contribution is -0.274. The molecule has 1 fully saturated rings. The van der Waals surface area contributed by atoms with E-state index in [1.807, 2.05) is 6.92 Å². The number of nitrogens with one attached hydrogen (secondary N) is 2. The molecule has 0 aromatic heterocycles. The summed E-state index contributed by atoms with van der Waals surface area (Å²) in [5.41, 5.74) is 0.577. The smallest absolute Gasteiger partial charge is 0.406 e.